The number of ketones is 1. The van der Waals surface area contributed by atoms with Crippen molar-refractivity contribution in [3.8, 4) is 0 Å². The van der Waals surface area contributed by atoms with Crippen LogP contribution in [0.25, 0.3) is 6.08 Å². The number of carbonyl (C=O) groups is 1. The van der Waals surface area contributed by atoms with E-state index in [0.29, 0.717) is 12.1 Å². The quantitative estimate of drug-likeness (QED) is 0.0966. The number of rotatable bonds is 8. The van der Waals surface area contributed by atoms with Crippen molar-refractivity contribution in [2.45, 2.75) is 14.7 Å². The summed E-state index contributed by atoms with van der Waals surface area (Å²) in [5, 5.41) is 11.3. The molecule has 3 aromatic rings. The van der Waals surface area contributed by atoms with E-state index in [1.54, 1.807) is 0 Å². The monoisotopic (exact) mass is 760 g/mol. The first-order valence-electron chi connectivity index (χ1n) is 11.0. The van der Waals surface area contributed by atoms with Gasteiger partial charge in [0.2, 0.25) is 5.78 Å². The Morgan fingerprint density at radius 1 is 0.574 bits per heavy atom. The van der Waals surface area contributed by atoms with Crippen molar-refractivity contribution in [1.82, 2.24) is 0 Å². The molecular formula is C22H12N4Na4O13S4. The summed E-state index contributed by atoms with van der Waals surface area (Å²) in [4.78, 5) is 9.23. The molecule has 1 aliphatic rings. The van der Waals surface area contributed by atoms with Gasteiger partial charge in [-0.2, -0.15) is 15.3 Å². The van der Waals surface area contributed by atoms with Crippen molar-refractivity contribution in [2.75, 3.05) is 5.43 Å². The van der Waals surface area contributed by atoms with Crippen molar-refractivity contribution in [3.63, 3.8) is 0 Å². The minimum atomic E-state index is -5.46. The van der Waals surface area contributed by atoms with Crippen molar-refractivity contribution >= 4 is 75.1 Å². The third-order valence-electron chi connectivity index (χ3n) is 5.49. The van der Waals surface area contributed by atoms with Gasteiger partial charge in [0.05, 0.1) is 31.7 Å². The largest absolute Gasteiger partial charge is 1.00 e. The van der Waals surface area contributed by atoms with Gasteiger partial charge in [-0.15, -0.1) is 0 Å². The van der Waals surface area contributed by atoms with Crippen LogP contribution >= 0.6 is 0 Å². The van der Waals surface area contributed by atoms with Gasteiger partial charge < -0.3 is 18.2 Å². The molecular weight excluding hydrogens is 748 g/mol. The summed E-state index contributed by atoms with van der Waals surface area (Å²) in [5.41, 5.74) is 0.00157. The van der Waals surface area contributed by atoms with Crippen molar-refractivity contribution in [3.05, 3.63) is 76.7 Å². The number of hydrazone groups is 1. The van der Waals surface area contributed by atoms with Crippen LogP contribution in [0.2, 0.25) is 0 Å². The van der Waals surface area contributed by atoms with Crippen LogP contribution < -0.4 is 124 Å². The van der Waals surface area contributed by atoms with Crippen molar-refractivity contribution < 1.29 is 175 Å². The molecule has 25 heteroatoms. The van der Waals surface area contributed by atoms with E-state index in [2.05, 4.69) is 20.8 Å². The third-order valence-corrected chi connectivity index (χ3v) is 8.91. The molecule has 0 radical (unpaired) electrons. The molecule has 0 amide bonds. The summed E-state index contributed by atoms with van der Waals surface area (Å²) in [5.74, 6) is -1.47. The number of Topliss-reactive ketones (excluding diaryl/α,β-unsaturated/α-hetero) is 1. The van der Waals surface area contributed by atoms with Gasteiger partial charge in [0, 0.05) is 5.56 Å². The predicted octanol–water partition coefficient (Wildman–Crippen LogP) is -10.9. The molecule has 0 saturated heterocycles. The second-order valence-corrected chi connectivity index (χ2v) is 13.8. The Bertz CT molecular complexity index is 2230. The van der Waals surface area contributed by atoms with Crippen LogP contribution in [0.4, 0.5) is 17.1 Å². The number of anilines is 1. The van der Waals surface area contributed by atoms with Gasteiger partial charge in [0.25, 0.3) is 0 Å². The molecule has 1 N–H and O–H groups in total. The van der Waals surface area contributed by atoms with Gasteiger partial charge in [0.1, 0.15) is 51.1 Å². The van der Waals surface area contributed by atoms with Crippen molar-refractivity contribution in [1.29, 1.82) is 0 Å². The molecule has 0 aliphatic heterocycles. The van der Waals surface area contributed by atoms with Gasteiger partial charge in [-0.3, -0.25) is 10.2 Å². The summed E-state index contributed by atoms with van der Waals surface area (Å²) in [7, 11) is -20.4. The molecule has 0 spiro atoms. The Morgan fingerprint density at radius 2 is 1.09 bits per heavy atom. The van der Waals surface area contributed by atoms with Gasteiger partial charge >= 0.3 is 118 Å². The molecule has 1 aliphatic carbocycles. The standard InChI is InChI=1S/C22H16N4O13S4.4Na/c27-22-20(43(37,38)39)10-12-9-16(41(31,32)33)6-7-17(12)21(22)26-25-18-11-14(3-8-19(18)42(34,35)36)24-23-13-1-4-15(5-2-13)40(28,29)30;;;;/h1-11,25H,(H,28,29,30)(H,31,32,33)(H,34,35,36)(H,37,38,39);;;;/q;4*+1/p-4/b24-23?,26-21-;;;;. The average Bonchev–Trinajstić information content (AvgIpc) is 2.89. The van der Waals surface area contributed by atoms with E-state index < -0.39 is 77.2 Å². The third kappa shape index (κ3) is 11.9. The second kappa shape index (κ2) is 17.8. The van der Waals surface area contributed by atoms with Crippen LogP contribution in [-0.4, -0.2) is 63.4 Å². The Labute approximate surface area is 357 Å². The number of azo groups is 1. The molecule has 47 heavy (non-hydrogen) atoms. The molecule has 0 fully saturated rings. The smallest absolute Gasteiger partial charge is 0.744 e. The van der Waals surface area contributed by atoms with Gasteiger partial charge in [-0.1, -0.05) is 6.07 Å². The molecule has 226 valence electrons. The summed E-state index contributed by atoms with van der Waals surface area (Å²) < 4.78 is 138. The number of hydrogen-bond acceptors (Lipinski definition) is 17. The van der Waals surface area contributed by atoms with Crippen LogP contribution in [0, 0.1) is 0 Å². The maximum absolute atomic E-state index is 12.9. The Kier molecular flexibility index (Phi) is 17.7. The number of nitrogens with one attached hydrogen (secondary N) is 1. The zero-order valence-corrected chi connectivity index (χ0v) is 35.9. The van der Waals surface area contributed by atoms with Crippen LogP contribution in [0.1, 0.15) is 11.1 Å². The molecule has 3 aromatic carbocycles. The zero-order chi connectivity index (χ0) is 32.0. The Hall–Kier alpha value is -0.220. The van der Waals surface area contributed by atoms with Crippen LogP contribution in [0.15, 0.2) is 95.6 Å². The fourth-order valence-corrected chi connectivity index (χ4v) is 5.75. The number of hydrogen-bond donors (Lipinski definition) is 1. The van der Waals surface area contributed by atoms with E-state index in [-0.39, 0.29) is 141 Å². The molecule has 0 aromatic heterocycles. The molecule has 4 rings (SSSR count). The Balaban J connectivity index is 0.00000529. The first-order valence-corrected chi connectivity index (χ1v) is 16.6. The van der Waals surface area contributed by atoms with Gasteiger partial charge in [-0.25, -0.2) is 33.7 Å². The predicted molar refractivity (Wildman–Crippen MR) is 140 cm³/mol. The second-order valence-electron chi connectivity index (χ2n) is 8.35. The van der Waals surface area contributed by atoms with E-state index in [4.69, 9.17) is 0 Å². The number of nitrogens with zero attached hydrogens (tertiary/aromatic N) is 3. The van der Waals surface area contributed by atoms with Gasteiger partial charge in [-0.05, 0) is 66.2 Å². The maximum Gasteiger partial charge on any atom is 1.00 e. The summed E-state index contributed by atoms with van der Waals surface area (Å²) in [6.07, 6.45) is 0.543. The molecule has 0 bridgehead atoms. The minimum absolute atomic E-state index is 0. The minimum Gasteiger partial charge on any atom is -0.744 e. The van der Waals surface area contributed by atoms with E-state index in [0.717, 1.165) is 54.6 Å². The maximum atomic E-state index is 12.9. The first-order chi connectivity index (χ1) is 19.7. The van der Waals surface area contributed by atoms with Crippen LogP contribution in [0.3, 0.4) is 0 Å². The molecule has 0 unspecified atom stereocenters. The molecule has 17 nitrogen and oxygen atoms in total. The number of fused-ring (bicyclic) bond motifs is 1. The van der Waals surface area contributed by atoms with E-state index in [1.807, 2.05) is 0 Å². The SMILES string of the molecule is O=C1C(S(=O)(=O)[O-])=Cc2cc(S(=O)(=O)[O-])ccc2/C1=N/Nc1cc(N=Nc2ccc(S(=O)(=O)[O-])cc2)ccc1S(=O)(=O)[O-].[Na+].[Na+].[Na+].[Na+]. The van der Waals surface area contributed by atoms with E-state index in [1.165, 1.54) is 0 Å². The molecule has 0 atom stereocenters. The Morgan fingerprint density at radius 3 is 1.60 bits per heavy atom. The number of carbonyl (C=O) groups excluding carboxylic acids is 1. The summed E-state index contributed by atoms with van der Waals surface area (Å²) in [6.45, 7) is 0. The fraction of sp³-hybridized carbons (Fsp3) is 0. The van der Waals surface area contributed by atoms with Gasteiger partial charge in [0.15, 0.2) is 0 Å². The zero-order valence-electron chi connectivity index (χ0n) is 24.6. The van der Waals surface area contributed by atoms with Crippen LogP contribution in [-0.2, 0) is 45.3 Å². The fourth-order valence-electron chi connectivity index (χ4n) is 3.57. The van der Waals surface area contributed by atoms with Crippen molar-refractivity contribution in [2.24, 2.45) is 15.3 Å². The normalized spacial score (nSPS) is 14.1. The number of allylic oxidation sites excluding steroid dienone is 1. The summed E-state index contributed by atoms with van der Waals surface area (Å²) >= 11 is 0. The first kappa shape index (κ1) is 46.8. The molecule has 0 heterocycles. The van der Waals surface area contributed by atoms with Crippen LogP contribution in [0.5, 0.6) is 0 Å². The van der Waals surface area contributed by atoms with E-state index in [9.17, 15) is 56.7 Å². The average molecular weight is 761 g/mol. The molecule has 0 saturated carbocycles. The topological polar surface area (TPSA) is 295 Å². The summed E-state index contributed by atoms with van der Waals surface area (Å²) in [6, 6.07) is 9.36. The number of benzene rings is 3. The van der Waals surface area contributed by atoms with E-state index >= 15 is 0 Å².